The van der Waals surface area contributed by atoms with E-state index in [0.29, 0.717) is 5.92 Å². The molecule has 1 fully saturated rings. The molecule has 0 amide bonds. The van der Waals surface area contributed by atoms with E-state index in [1.54, 1.807) is 7.11 Å². The molecule has 0 radical (unpaired) electrons. The molecule has 0 saturated carbocycles. The van der Waals surface area contributed by atoms with Gasteiger partial charge in [0, 0.05) is 33.1 Å². The van der Waals surface area contributed by atoms with Crippen LogP contribution in [0.3, 0.4) is 0 Å². The smallest absolute Gasteiger partial charge is 0.193 e. The summed E-state index contributed by atoms with van der Waals surface area (Å²) in [6.45, 7) is 2.09. The first-order valence-corrected chi connectivity index (χ1v) is 6.32. The third-order valence-corrected chi connectivity index (χ3v) is 3.51. The highest BCUT2D eigenvalue weighted by Gasteiger charge is 2.25. The Labute approximate surface area is 109 Å². The molecule has 1 saturated heterocycles. The van der Waals surface area contributed by atoms with Crippen molar-refractivity contribution in [1.82, 2.24) is 10.2 Å². The summed E-state index contributed by atoms with van der Waals surface area (Å²) in [6, 6.07) is 8.39. The number of guanidine groups is 1. The summed E-state index contributed by atoms with van der Waals surface area (Å²) in [5.41, 5.74) is 1.38. The van der Waals surface area contributed by atoms with E-state index < -0.39 is 0 Å². The molecule has 1 N–H and O–H groups in total. The highest BCUT2D eigenvalue weighted by Crippen LogP contribution is 2.28. The lowest BCUT2D eigenvalue weighted by Crippen LogP contribution is -2.37. The predicted octanol–water partition coefficient (Wildman–Crippen LogP) is 1.69. The third kappa shape index (κ3) is 2.58. The lowest BCUT2D eigenvalue weighted by molar-refractivity contribution is 0.414. The first-order valence-electron chi connectivity index (χ1n) is 6.32. The standard InChI is InChI=1S/C14H21N3O/c1-15-14(16-2)17-9-8-12(10-17)11-4-6-13(18-3)7-5-11/h4-7,12H,8-10H2,1-3H3,(H,15,16). The third-order valence-electron chi connectivity index (χ3n) is 3.51. The van der Waals surface area contributed by atoms with Gasteiger partial charge in [0.1, 0.15) is 5.75 Å². The van der Waals surface area contributed by atoms with Crippen LogP contribution in [0.4, 0.5) is 0 Å². The van der Waals surface area contributed by atoms with Crippen molar-refractivity contribution >= 4 is 5.96 Å². The van der Waals surface area contributed by atoms with Crippen LogP contribution >= 0.6 is 0 Å². The van der Waals surface area contributed by atoms with Crippen molar-refractivity contribution in [3.05, 3.63) is 29.8 Å². The van der Waals surface area contributed by atoms with Crippen LogP contribution in [0.15, 0.2) is 29.3 Å². The number of nitrogens with zero attached hydrogens (tertiary/aromatic N) is 2. The second kappa shape index (κ2) is 5.76. The minimum Gasteiger partial charge on any atom is -0.497 e. The molecular formula is C14H21N3O. The second-order valence-electron chi connectivity index (χ2n) is 4.50. The molecule has 1 aromatic carbocycles. The Balaban J connectivity index is 2.03. The molecule has 98 valence electrons. The Kier molecular flexibility index (Phi) is 4.07. The highest BCUT2D eigenvalue weighted by atomic mass is 16.5. The average Bonchev–Trinajstić information content (AvgIpc) is 2.90. The maximum Gasteiger partial charge on any atom is 0.193 e. The first kappa shape index (κ1) is 12.7. The number of aliphatic imine (C=N–C) groups is 1. The van der Waals surface area contributed by atoms with Crippen LogP contribution in [0.2, 0.25) is 0 Å². The summed E-state index contributed by atoms with van der Waals surface area (Å²) in [7, 11) is 5.44. The van der Waals surface area contributed by atoms with Crippen LogP contribution in [0.5, 0.6) is 5.75 Å². The molecule has 18 heavy (non-hydrogen) atoms. The fraction of sp³-hybridized carbons (Fsp3) is 0.500. The van der Waals surface area contributed by atoms with E-state index in [9.17, 15) is 0 Å². The maximum absolute atomic E-state index is 5.19. The van der Waals surface area contributed by atoms with Gasteiger partial charge in [0.05, 0.1) is 7.11 Å². The topological polar surface area (TPSA) is 36.9 Å². The summed E-state index contributed by atoms with van der Waals surface area (Å²) in [6.07, 6.45) is 1.17. The largest absolute Gasteiger partial charge is 0.497 e. The molecule has 1 unspecified atom stereocenters. The molecule has 0 aromatic heterocycles. The number of nitrogens with one attached hydrogen (secondary N) is 1. The lowest BCUT2D eigenvalue weighted by atomic mass is 9.98. The number of likely N-dealkylation sites (tertiary alicyclic amines) is 1. The van der Waals surface area contributed by atoms with Crippen molar-refractivity contribution in [2.75, 3.05) is 34.3 Å². The van der Waals surface area contributed by atoms with Crippen molar-refractivity contribution in [3.8, 4) is 5.75 Å². The van der Waals surface area contributed by atoms with Crippen LogP contribution < -0.4 is 10.1 Å². The van der Waals surface area contributed by atoms with E-state index in [1.807, 2.05) is 26.2 Å². The SMILES string of the molecule is CN=C(NC)N1CCC(c2ccc(OC)cc2)C1. The zero-order valence-corrected chi connectivity index (χ0v) is 11.3. The molecule has 0 bridgehead atoms. The zero-order chi connectivity index (χ0) is 13.0. The summed E-state index contributed by atoms with van der Waals surface area (Å²) < 4.78 is 5.19. The fourth-order valence-corrected chi connectivity index (χ4v) is 2.51. The minimum atomic E-state index is 0.584. The quantitative estimate of drug-likeness (QED) is 0.638. The van der Waals surface area contributed by atoms with Gasteiger partial charge in [-0.25, -0.2) is 0 Å². The summed E-state index contributed by atoms with van der Waals surface area (Å²) in [4.78, 5) is 6.56. The monoisotopic (exact) mass is 247 g/mol. The van der Waals surface area contributed by atoms with E-state index in [-0.39, 0.29) is 0 Å². The van der Waals surface area contributed by atoms with Crippen molar-refractivity contribution < 1.29 is 4.74 Å². The summed E-state index contributed by atoms with van der Waals surface area (Å²) >= 11 is 0. The van der Waals surface area contributed by atoms with Gasteiger partial charge in [-0.1, -0.05) is 12.1 Å². The number of hydrogen-bond acceptors (Lipinski definition) is 2. The molecular weight excluding hydrogens is 226 g/mol. The first-order chi connectivity index (χ1) is 8.78. The van der Waals surface area contributed by atoms with Gasteiger partial charge in [0.15, 0.2) is 5.96 Å². The van der Waals surface area contributed by atoms with E-state index in [4.69, 9.17) is 4.74 Å². The Morgan fingerprint density at radius 3 is 2.67 bits per heavy atom. The second-order valence-corrected chi connectivity index (χ2v) is 4.50. The van der Waals surface area contributed by atoms with Gasteiger partial charge in [-0.2, -0.15) is 0 Å². The minimum absolute atomic E-state index is 0.584. The molecule has 2 rings (SSSR count). The van der Waals surface area contributed by atoms with Gasteiger partial charge in [-0.3, -0.25) is 4.99 Å². The van der Waals surface area contributed by atoms with Crippen LogP contribution in [0.25, 0.3) is 0 Å². The Hall–Kier alpha value is -1.71. The summed E-state index contributed by atoms with van der Waals surface area (Å²) in [5, 5.41) is 3.14. The Morgan fingerprint density at radius 2 is 2.11 bits per heavy atom. The Bertz CT molecular complexity index is 414. The normalized spacial score (nSPS) is 20.1. The highest BCUT2D eigenvalue weighted by molar-refractivity contribution is 5.79. The van der Waals surface area contributed by atoms with Crippen molar-refractivity contribution in [2.24, 2.45) is 4.99 Å². The van der Waals surface area contributed by atoms with Crippen molar-refractivity contribution in [3.63, 3.8) is 0 Å². The number of benzene rings is 1. The van der Waals surface area contributed by atoms with Crippen LogP contribution in [0, 0.1) is 0 Å². The van der Waals surface area contributed by atoms with Crippen molar-refractivity contribution in [1.29, 1.82) is 0 Å². The zero-order valence-electron chi connectivity index (χ0n) is 11.3. The number of ether oxygens (including phenoxy) is 1. The van der Waals surface area contributed by atoms with E-state index in [1.165, 1.54) is 12.0 Å². The molecule has 4 nitrogen and oxygen atoms in total. The molecule has 1 aromatic rings. The van der Waals surface area contributed by atoms with Crippen LogP contribution in [0.1, 0.15) is 17.9 Å². The predicted molar refractivity (Wildman–Crippen MR) is 74.3 cm³/mol. The van der Waals surface area contributed by atoms with Crippen LogP contribution in [-0.2, 0) is 0 Å². The molecule has 1 aliphatic rings. The number of methoxy groups -OCH3 is 1. The fourth-order valence-electron chi connectivity index (χ4n) is 2.51. The molecule has 0 aliphatic carbocycles. The molecule has 1 aliphatic heterocycles. The Morgan fingerprint density at radius 1 is 1.39 bits per heavy atom. The van der Waals surface area contributed by atoms with Gasteiger partial charge in [-0.05, 0) is 24.1 Å². The van der Waals surface area contributed by atoms with Crippen LogP contribution in [-0.4, -0.2) is 45.2 Å². The molecule has 4 heteroatoms. The number of rotatable bonds is 2. The molecule has 1 atom stereocenters. The average molecular weight is 247 g/mol. The van der Waals surface area contributed by atoms with Gasteiger partial charge < -0.3 is 15.0 Å². The maximum atomic E-state index is 5.19. The molecule has 1 heterocycles. The van der Waals surface area contributed by atoms with Gasteiger partial charge in [-0.15, -0.1) is 0 Å². The van der Waals surface area contributed by atoms with E-state index in [2.05, 4.69) is 27.3 Å². The van der Waals surface area contributed by atoms with Gasteiger partial charge >= 0.3 is 0 Å². The molecule has 0 spiro atoms. The van der Waals surface area contributed by atoms with Gasteiger partial charge in [0.25, 0.3) is 0 Å². The lowest BCUT2D eigenvalue weighted by Gasteiger charge is -2.20. The summed E-state index contributed by atoms with van der Waals surface area (Å²) in [5.74, 6) is 2.48. The van der Waals surface area contributed by atoms with Gasteiger partial charge in [0.2, 0.25) is 0 Å². The van der Waals surface area contributed by atoms with E-state index in [0.717, 1.165) is 24.8 Å². The number of hydrogen-bond donors (Lipinski definition) is 1. The van der Waals surface area contributed by atoms with E-state index >= 15 is 0 Å². The van der Waals surface area contributed by atoms with Crippen molar-refractivity contribution in [2.45, 2.75) is 12.3 Å².